The molecular weight excluding hydrogens is 186 g/mol. The maximum atomic E-state index is 9.15. The number of nitrogens with one attached hydrogen (secondary N) is 1. The maximum absolute atomic E-state index is 9.15. The van der Waals surface area contributed by atoms with Gasteiger partial charge in [-0.05, 0) is 23.6 Å². The zero-order chi connectivity index (χ0) is 11.5. The van der Waals surface area contributed by atoms with Crippen molar-refractivity contribution < 1.29 is 5.11 Å². The van der Waals surface area contributed by atoms with E-state index in [1.165, 1.54) is 5.56 Å². The van der Waals surface area contributed by atoms with Crippen LogP contribution in [-0.4, -0.2) is 18.8 Å². The molecule has 1 aromatic carbocycles. The van der Waals surface area contributed by atoms with Crippen LogP contribution < -0.4 is 5.32 Å². The van der Waals surface area contributed by atoms with Crippen molar-refractivity contribution in [2.75, 3.05) is 13.7 Å². The molecule has 0 heterocycles. The van der Waals surface area contributed by atoms with Gasteiger partial charge in [0, 0.05) is 0 Å². The summed E-state index contributed by atoms with van der Waals surface area (Å²) in [7, 11) is 1.86. The zero-order valence-corrected chi connectivity index (χ0v) is 10.0. The van der Waals surface area contributed by atoms with E-state index in [4.69, 9.17) is 5.11 Å². The molecular formula is C13H21NO. The molecule has 0 saturated carbocycles. The van der Waals surface area contributed by atoms with Crippen LogP contribution in [0.5, 0.6) is 0 Å². The minimum absolute atomic E-state index is 0.0408. The standard InChI is InChI=1S/C13H21NO/c1-13(2,3)11-7-5-10(6-8-11)12(9-15)14-4/h5-8,12,14-15H,9H2,1-4H3/t12-/m0/s1. The average Bonchev–Trinajstić information content (AvgIpc) is 2.19. The van der Waals surface area contributed by atoms with Gasteiger partial charge in [-0.15, -0.1) is 0 Å². The largest absolute Gasteiger partial charge is 0.394 e. The van der Waals surface area contributed by atoms with Crippen molar-refractivity contribution in [3.63, 3.8) is 0 Å². The number of aliphatic hydroxyl groups is 1. The summed E-state index contributed by atoms with van der Waals surface area (Å²) >= 11 is 0. The van der Waals surface area contributed by atoms with Crippen LogP contribution in [0.25, 0.3) is 0 Å². The van der Waals surface area contributed by atoms with E-state index in [2.05, 4.69) is 50.4 Å². The van der Waals surface area contributed by atoms with Crippen molar-refractivity contribution in [3.05, 3.63) is 35.4 Å². The van der Waals surface area contributed by atoms with Crippen LogP contribution in [-0.2, 0) is 5.41 Å². The molecule has 15 heavy (non-hydrogen) atoms. The third kappa shape index (κ3) is 3.05. The van der Waals surface area contributed by atoms with Gasteiger partial charge in [0.1, 0.15) is 0 Å². The number of aliphatic hydroxyl groups excluding tert-OH is 1. The normalized spacial score (nSPS) is 13.9. The van der Waals surface area contributed by atoms with Crippen LogP contribution in [0, 0.1) is 0 Å². The second kappa shape index (κ2) is 4.77. The fraction of sp³-hybridized carbons (Fsp3) is 0.538. The molecule has 0 amide bonds. The average molecular weight is 207 g/mol. The third-order valence-corrected chi connectivity index (χ3v) is 2.71. The van der Waals surface area contributed by atoms with Crippen molar-refractivity contribution >= 4 is 0 Å². The molecule has 0 aliphatic carbocycles. The van der Waals surface area contributed by atoms with Crippen molar-refractivity contribution in [2.24, 2.45) is 0 Å². The SMILES string of the molecule is CN[C@@H](CO)c1ccc(C(C)(C)C)cc1. The van der Waals surface area contributed by atoms with Crippen molar-refractivity contribution in [3.8, 4) is 0 Å². The lowest BCUT2D eigenvalue weighted by molar-refractivity contribution is 0.251. The summed E-state index contributed by atoms with van der Waals surface area (Å²) in [5.41, 5.74) is 2.64. The Morgan fingerprint density at radius 2 is 1.73 bits per heavy atom. The van der Waals surface area contributed by atoms with Crippen molar-refractivity contribution in [1.29, 1.82) is 0 Å². The van der Waals surface area contributed by atoms with Crippen LogP contribution in [0.4, 0.5) is 0 Å². The molecule has 2 N–H and O–H groups in total. The van der Waals surface area contributed by atoms with Gasteiger partial charge in [-0.1, -0.05) is 45.0 Å². The number of hydrogen-bond acceptors (Lipinski definition) is 2. The lowest BCUT2D eigenvalue weighted by Crippen LogP contribution is -2.20. The number of rotatable bonds is 3. The highest BCUT2D eigenvalue weighted by molar-refractivity contribution is 5.29. The first-order valence-corrected chi connectivity index (χ1v) is 5.37. The maximum Gasteiger partial charge on any atom is 0.0626 e. The molecule has 0 fully saturated rings. The minimum Gasteiger partial charge on any atom is -0.394 e. The highest BCUT2D eigenvalue weighted by atomic mass is 16.3. The predicted octanol–water partition coefficient (Wildman–Crippen LogP) is 2.24. The summed E-state index contributed by atoms with van der Waals surface area (Å²) in [5.74, 6) is 0. The zero-order valence-electron chi connectivity index (χ0n) is 10.0. The van der Waals surface area contributed by atoms with Gasteiger partial charge in [-0.3, -0.25) is 0 Å². The van der Waals surface area contributed by atoms with E-state index < -0.39 is 0 Å². The van der Waals surface area contributed by atoms with Gasteiger partial charge in [0.2, 0.25) is 0 Å². The van der Waals surface area contributed by atoms with Crippen molar-refractivity contribution in [1.82, 2.24) is 5.32 Å². The quantitative estimate of drug-likeness (QED) is 0.796. The van der Waals surface area contributed by atoms with Crippen LogP contribution in [0.1, 0.15) is 37.9 Å². The lowest BCUT2D eigenvalue weighted by atomic mass is 9.86. The van der Waals surface area contributed by atoms with Crippen LogP contribution >= 0.6 is 0 Å². The predicted molar refractivity (Wildman–Crippen MR) is 64.0 cm³/mol. The van der Waals surface area contributed by atoms with Gasteiger partial charge in [-0.25, -0.2) is 0 Å². The summed E-state index contributed by atoms with van der Waals surface area (Å²) in [6.07, 6.45) is 0. The van der Waals surface area contributed by atoms with Crippen molar-refractivity contribution in [2.45, 2.75) is 32.2 Å². The molecule has 0 bridgehead atoms. The Morgan fingerprint density at radius 3 is 2.07 bits per heavy atom. The molecule has 0 unspecified atom stereocenters. The number of benzene rings is 1. The second-order valence-electron chi connectivity index (χ2n) is 4.90. The van der Waals surface area contributed by atoms with Crippen LogP contribution in [0.2, 0.25) is 0 Å². The molecule has 0 spiro atoms. The Kier molecular flexibility index (Phi) is 3.89. The Labute approximate surface area is 92.3 Å². The first-order chi connectivity index (χ1) is 6.99. The summed E-state index contributed by atoms with van der Waals surface area (Å²) in [6, 6.07) is 8.47. The number of hydrogen-bond donors (Lipinski definition) is 2. The Balaban J connectivity index is 2.89. The Bertz CT molecular complexity index is 293. The third-order valence-electron chi connectivity index (χ3n) is 2.71. The second-order valence-corrected chi connectivity index (χ2v) is 4.90. The summed E-state index contributed by atoms with van der Waals surface area (Å²) in [4.78, 5) is 0. The van der Waals surface area contributed by atoms with Gasteiger partial charge in [-0.2, -0.15) is 0 Å². The fourth-order valence-corrected chi connectivity index (χ4v) is 1.58. The molecule has 2 nitrogen and oxygen atoms in total. The van der Waals surface area contributed by atoms with Gasteiger partial charge in [0.25, 0.3) is 0 Å². The molecule has 0 aliphatic rings. The first kappa shape index (κ1) is 12.2. The Hall–Kier alpha value is -0.860. The van der Waals surface area contributed by atoms with Gasteiger partial charge < -0.3 is 10.4 Å². The van der Waals surface area contributed by atoms with E-state index in [0.29, 0.717) is 0 Å². The highest BCUT2D eigenvalue weighted by Gasteiger charge is 2.14. The van der Waals surface area contributed by atoms with E-state index in [1.807, 2.05) is 7.05 Å². The van der Waals surface area contributed by atoms with E-state index in [0.717, 1.165) is 5.56 Å². The van der Waals surface area contributed by atoms with Gasteiger partial charge >= 0.3 is 0 Å². The molecule has 0 aliphatic heterocycles. The van der Waals surface area contributed by atoms with Crippen LogP contribution in [0.3, 0.4) is 0 Å². The summed E-state index contributed by atoms with van der Waals surface area (Å²) < 4.78 is 0. The lowest BCUT2D eigenvalue weighted by Gasteiger charge is -2.20. The topological polar surface area (TPSA) is 32.3 Å². The summed E-state index contributed by atoms with van der Waals surface area (Å²) in [5, 5.41) is 12.2. The molecule has 0 radical (unpaired) electrons. The Morgan fingerprint density at radius 1 is 1.20 bits per heavy atom. The monoisotopic (exact) mass is 207 g/mol. The highest BCUT2D eigenvalue weighted by Crippen LogP contribution is 2.23. The molecule has 2 heteroatoms. The minimum atomic E-state index is 0.0408. The van der Waals surface area contributed by atoms with E-state index >= 15 is 0 Å². The van der Waals surface area contributed by atoms with Gasteiger partial charge in [0.05, 0.1) is 12.6 Å². The molecule has 1 rings (SSSR count). The molecule has 0 saturated heterocycles. The molecule has 84 valence electrons. The molecule has 1 atom stereocenters. The first-order valence-electron chi connectivity index (χ1n) is 5.37. The van der Waals surface area contributed by atoms with Crippen LogP contribution in [0.15, 0.2) is 24.3 Å². The number of likely N-dealkylation sites (N-methyl/N-ethyl adjacent to an activating group) is 1. The molecule has 0 aromatic heterocycles. The summed E-state index contributed by atoms with van der Waals surface area (Å²) in [6.45, 7) is 6.72. The van der Waals surface area contributed by atoms with E-state index in [1.54, 1.807) is 0 Å². The van der Waals surface area contributed by atoms with Gasteiger partial charge in [0.15, 0.2) is 0 Å². The smallest absolute Gasteiger partial charge is 0.0626 e. The van der Waals surface area contributed by atoms with E-state index in [9.17, 15) is 0 Å². The van der Waals surface area contributed by atoms with E-state index in [-0.39, 0.29) is 18.1 Å². The molecule has 1 aromatic rings. The fourth-order valence-electron chi connectivity index (χ4n) is 1.58.